The Morgan fingerprint density at radius 2 is 1.47 bits per heavy atom. The Morgan fingerprint density at radius 1 is 1.13 bits per heavy atom. The third kappa shape index (κ3) is 2.36. The van der Waals surface area contributed by atoms with Crippen LogP contribution < -0.4 is 0 Å². The highest BCUT2D eigenvalue weighted by Gasteiger charge is 2.30. The van der Waals surface area contributed by atoms with Gasteiger partial charge in [-0.3, -0.25) is 0 Å². The quantitative estimate of drug-likeness (QED) is 0.813. The van der Waals surface area contributed by atoms with Gasteiger partial charge >= 0.3 is 5.97 Å². The minimum absolute atomic E-state index is 0.263. The van der Waals surface area contributed by atoms with Gasteiger partial charge in [0.2, 0.25) is 0 Å². The van der Waals surface area contributed by atoms with Gasteiger partial charge in [0.05, 0.1) is 0 Å². The molecule has 0 saturated carbocycles. The molecule has 0 amide bonds. The van der Waals surface area contributed by atoms with Gasteiger partial charge in [-0.2, -0.15) is 0 Å². The number of hydrogen-bond acceptors (Lipinski definition) is 2. The standard InChI is InChI=1S/C6H12O3.C6H4/c1-3-6(9,4-2)5(7)8;1-2-6-4-3-5(1)6/h9H,3-4H2,1-2H3,(H,7,8);1-4H. The number of aliphatic carboxylic acids is 1. The second-order valence-electron chi connectivity index (χ2n) is 3.62. The van der Waals surface area contributed by atoms with Crippen LogP contribution in [-0.2, 0) is 4.79 Å². The van der Waals surface area contributed by atoms with Gasteiger partial charge in [-0.15, -0.1) is 0 Å². The third-order valence-corrected chi connectivity index (χ3v) is 2.79. The number of carbonyl (C=O) groups is 1. The van der Waals surface area contributed by atoms with Gasteiger partial charge in [-0.25, -0.2) is 4.79 Å². The summed E-state index contributed by atoms with van der Waals surface area (Å²) in [4.78, 5) is 10.2. The second kappa shape index (κ2) is 4.45. The van der Waals surface area contributed by atoms with E-state index in [0.29, 0.717) is 0 Å². The molecule has 0 bridgehead atoms. The lowest BCUT2D eigenvalue weighted by atomic mass is 9.95. The first-order chi connectivity index (χ1) is 7.03. The van der Waals surface area contributed by atoms with E-state index in [1.54, 1.807) is 13.8 Å². The first-order valence-electron chi connectivity index (χ1n) is 5.09. The number of carboxylic acid groups (broad SMARTS) is 1. The van der Waals surface area contributed by atoms with E-state index in [2.05, 4.69) is 24.3 Å². The molecule has 0 saturated heterocycles. The van der Waals surface area contributed by atoms with Gasteiger partial charge < -0.3 is 10.2 Å². The van der Waals surface area contributed by atoms with Crippen molar-refractivity contribution < 1.29 is 15.0 Å². The molecule has 0 unspecified atom stereocenters. The topological polar surface area (TPSA) is 57.5 Å². The molecule has 0 heterocycles. The minimum atomic E-state index is -1.50. The normalized spacial score (nSPS) is 11.4. The zero-order chi connectivity index (χ0) is 11.5. The van der Waals surface area contributed by atoms with Crippen molar-refractivity contribution in [3.63, 3.8) is 0 Å². The van der Waals surface area contributed by atoms with Crippen molar-refractivity contribution in [3.8, 4) is 11.1 Å². The Balaban J connectivity index is 0.000000158. The van der Waals surface area contributed by atoms with Gasteiger partial charge in [0.1, 0.15) is 0 Å². The predicted molar refractivity (Wildman–Crippen MR) is 58.6 cm³/mol. The van der Waals surface area contributed by atoms with Gasteiger partial charge in [0, 0.05) is 0 Å². The molecule has 3 nitrogen and oxygen atoms in total. The van der Waals surface area contributed by atoms with Crippen LogP contribution in [0.5, 0.6) is 0 Å². The average Bonchev–Trinajstić information content (AvgIpc) is 2.22. The first kappa shape index (κ1) is 11.7. The third-order valence-electron chi connectivity index (χ3n) is 2.79. The summed E-state index contributed by atoms with van der Waals surface area (Å²) < 4.78 is 0. The summed E-state index contributed by atoms with van der Waals surface area (Å²) in [5.74, 6) is -1.13. The molecule has 0 atom stereocenters. The molecule has 82 valence electrons. The van der Waals surface area contributed by atoms with Crippen LogP contribution in [0.3, 0.4) is 0 Å². The van der Waals surface area contributed by atoms with Crippen molar-refractivity contribution >= 4 is 5.97 Å². The summed E-state index contributed by atoms with van der Waals surface area (Å²) in [7, 11) is 0. The molecular formula is C12H16O3. The summed E-state index contributed by atoms with van der Waals surface area (Å²) in [6.07, 6.45) is 0.525. The highest BCUT2D eigenvalue weighted by Crippen LogP contribution is 2.29. The van der Waals surface area contributed by atoms with Crippen molar-refractivity contribution in [2.45, 2.75) is 32.3 Å². The van der Waals surface area contributed by atoms with Crippen LogP contribution in [0.2, 0.25) is 0 Å². The number of rotatable bonds is 3. The predicted octanol–water partition coefficient (Wildman–Crippen LogP) is 2.29. The van der Waals surface area contributed by atoms with Crippen LogP contribution in [0, 0.1) is 0 Å². The SMILES string of the molecule is CCC(O)(CC)C(=O)O.c1cc2ccc1-2. The highest BCUT2D eigenvalue weighted by atomic mass is 16.4. The van der Waals surface area contributed by atoms with E-state index in [1.165, 1.54) is 11.1 Å². The maximum Gasteiger partial charge on any atom is 0.335 e. The molecule has 0 aromatic rings. The average molecular weight is 208 g/mol. The lowest BCUT2D eigenvalue weighted by Crippen LogP contribution is -2.36. The monoisotopic (exact) mass is 208 g/mol. The fraction of sp³-hybridized carbons (Fsp3) is 0.417. The van der Waals surface area contributed by atoms with Gasteiger partial charge in [-0.1, -0.05) is 38.1 Å². The number of carboxylic acids is 1. The molecule has 2 aliphatic rings. The Hall–Kier alpha value is -1.35. The molecular weight excluding hydrogens is 192 g/mol. The zero-order valence-electron chi connectivity index (χ0n) is 9.03. The smallest absolute Gasteiger partial charge is 0.335 e. The second-order valence-corrected chi connectivity index (χ2v) is 3.62. The Labute approximate surface area is 89.4 Å². The molecule has 0 radical (unpaired) electrons. The fourth-order valence-electron chi connectivity index (χ4n) is 1.22. The molecule has 2 N–H and O–H groups in total. The van der Waals surface area contributed by atoms with Crippen molar-refractivity contribution in [2.75, 3.05) is 0 Å². The van der Waals surface area contributed by atoms with Crippen molar-refractivity contribution in [3.05, 3.63) is 24.3 Å². The molecule has 3 heteroatoms. The van der Waals surface area contributed by atoms with E-state index in [1.807, 2.05) is 0 Å². The molecule has 2 aliphatic carbocycles. The van der Waals surface area contributed by atoms with Crippen LogP contribution in [0.4, 0.5) is 0 Å². The Morgan fingerprint density at radius 3 is 1.47 bits per heavy atom. The number of fused-ring (bicyclic) bond motifs is 1. The minimum Gasteiger partial charge on any atom is -0.479 e. The maximum absolute atomic E-state index is 10.2. The molecule has 2 rings (SSSR count). The Bertz CT molecular complexity index is 315. The van der Waals surface area contributed by atoms with Gasteiger partial charge in [0.25, 0.3) is 0 Å². The number of aliphatic hydroxyl groups is 1. The molecule has 0 spiro atoms. The molecule has 0 aromatic carbocycles. The van der Waals surface area contributed by atoms with E-state index >= 15 is 0 Å². The van der Waals surface area contributed by atoms with Gasteiger partial charge in [0.15, 0.2) is 5.60 Å². The summed E-state index contributed by atoms with van der Waals surface area (Å²) in [5.41, 5.74) is 1.35. The summed E-state index contributed by atoms with van der Waals surface area (Å²) in [5, 5.41) is 17.5. The van der Waals surface area contributed by atoms with E-state index < -0.39 is 11.6 Å². The van der Waals surface area contributed by atoms with Crippen molar-refractivity contribution in [1.29, 1.82) is 0 Å². The lowest BCUT2D eigenvalue weighted by Gasteiger charge is -2.18. The van der Waals surface area contributed by atoms with Crippen LogP contribution in [-0.4, -0.2) is 21.8 Å². The van der Waals surface area contributed by atoms with E-state index in [9.17, 15) is 4.79 Å². The van der Waals surface area contributed by atoms with E-state index in [0.717, 1.165) is 0 Å². The molecule has 0 aromatic heterocycles. The summed E-state index contributed by atoms with van der Waals surface area (Å²) in [6.45, 7) is 3.30. The summed E-state index contributed by atoms with van der Waals surface area (Å²) >= 11 is 0. The van der Waals surface area contributed by atoms with Crippen LogP contribution >= 0.6 is 0 Å². The largest absolute Gasteiger partial charge is 0.479 e. The molecule has 15 heavy (non-hydrogen) atoms. The maximum atomic E-state index is 10.2. The van der Waals surface area contributed by atoms with Crippen LogP contribution in [0.25, 0.3) is 11.1 Å². The fourth-order valence-corrected chi connectivity index (χ4v) is 1.22. The number of benzene rings is 1. The van der Waals surface area contributed by atoms with Crippen LogP contribution in [0.1, 0.15) is 26.7 Å². The van der Waals surface area contributed by atoms with Gasteiger partial charge in [-0.05, 0) is 24.0 Å². The first-order valence-corrected chi connectivity index (χ1v) is 5.09. The summed E-state index contributed by atoms with van der Waals surface area (Å²) in [6, 6.07) is 8.48. The lowest BCUT2D eigenvalue weighted by molar-refractivity contribution is -0.159. The van der Waals surface area contributed by atoms with E-state index in [-0.39, 0.29) is 12.8 Å². The van der Waals surface area contributed by atoms with Crippen molar-refractivity contribution in [1.82, 2.24) is 0 Å². The molecule has 0 aliphatic heterocycles. The molecule has 0 fully saturated rings. The highest BCUT2D eigenvalue weighted by molar-refractivity contribution is 5.76. The van der Waals surface area contributed by atoms with Crippen LogP contribution in [0.15, 0.2) is 24.3 Å². The zero-order valence-corrected chi connectivity index (χ0v) is 9.03. The Kier molecular flexibility index (Phi) is 3.48. The van der Waals surface area contributed by atoms with Crippen molar-refractivity contribution in [2.24, 2.45) is 0 Å². The number of hydrogen-bond donors (Lipinski definition) is 2. The van der Waals surface area contributed by atoms with E-state index in [4.69, 9.17) is 10.2 Å².